The Balaban J connectivity index is 2.78. The van der Waals surface area contributed by atoms with Crippen LogP contribution in [0.25, 0.3) is 11.3 Å². The summed E-state index contributed by atoms with van der Waals surface area (Å²) in [6.07, 6.45) is 0.344. The van der Waals surface area contributed by atoms with Crippen LogP contribution in [0.2, 0.25) is 0 Å². The van der Waals surface area contributed by atoms with Gasteiger partial charge in [0, 0.05) is 37.0 Å². The van der Waals surface area contributed by atoms with Crippen molar-refractivity contribution in [2.24, 2.45) is 0 Å². The lowest BCUT2D eigenvalue weighted by molar-refractivity contribution is 0.0691. The zero-order valence-electron chi connectivity index (χ0n) is 14.0. The molecule has 0 unspecified atom stereocenters. The fourth-order valence-electron chi connectivity index (χ4n) is 2.57. The van der Waals surface area contributed by atoms with Crippen molar-refractivity contribution >= 4 is 11.7 Å². The van der Waals surface area contributed by atoms with Crippen molar-refractivity contribution in [2.45, 2.75) is 13.3 Å². The highest BCUT2D eigenvalue weighted by atomic mass is 16.5. The van der Waals surface area contributed by atoms with Crippen LogP contribution in [0.3, 0.4) is 0 Å². The maximum absolute atomic E-state index is 12.1. The van der Waals surface area contributed by atoms with E-state index < -0.39 is 22.8 Å². The summed E-state index contributed by atoms with van der Waals surface area (Å²) in [6, 6.07) is 5.41. The first-order valence-corrected chi connectivity index (χ1v) is 7.38. The molecule has 0 aliphatic rings. The van der Waals surface area contributed by atoms with E-state index in [2.05, 4.69) is 4.98 Å². The average molecular weight is 332 g/mol. The van der Waals surface area contributed by atoms with E-state index in [9.17, 15) is 14.7 Å². The van der Waals surface area contributed by atoms with Gasteiger partial charge in [-0.25, -0.2) is 4.79 Å². The smallest absolute Gasteiger partial charge is 0.345 e. The number of aromatic carboxylic acids is 1. The van der Waals surface area contributed by atoms with Gasteiger partial charge in [0.1, 0.15) is 11.5 Å². The molecule has 0 radical (unpaired) electrons. The van der Waals surface area contributed by atoms with Crippen LogP contribution >= 0.6 is 0 Å². The average Bonchev–Trinajstić information content (AvgIpc) is 2.53. The zero-order chi connectivity index (χ0) is 18.0. The van der Waals surface area contributed by atoms with Crippen molar-refractivity contribution in [1.82, 2.24) is 4.98 Å². The molecule has 0 aliphatic heterocycles. The Hall–Kier alpha value is -2.96. The molecule has 0 aliphatic carbocycles. The SMILES string of the molecule is CCc1c(-c2ccc(N(C)C)cc2OC)[nH]c(=O)c(C(=O)O)c1O. The molecule has 7 heteroatoms. The number of nitrogens with one attached hydrogen (secondary N) is 1. The minimum Gasteiger partial charge on any atom is -0.506 e. The molecule has 0 bridgehead atoms. The molecule has 0 spiro atoms. The van der Waals surface area contributed by atoms with Crippen LogP contribution in [0.4, 0.5) is 5.69 Å². The maximum Gasteiger partial charge on any atom is 0.345 e. The van der Waals surface area contributed by atoms with E-state index >= 15 is 0 Å². The Morgan fingerprint density at radius 2 is 2.00 bits per heavy atom. The van der Waals surface area contributed by atoms with Gasteiger partial charge in [-0.1, -0.05) is 6.92 Å². The molecule has 0 atom stereocenters. The molecule has 2 rings (SSSR count). The quantitative estimate of drug-likeness (QED) is 0.775. The van der Waals surface area contributed by atoms with Crippen LogP contribution in [0.5, 0.6) is 11.5 Å². The van der Waals surface area contributed by atoms with Crippen LogP contribution in [0.1, 0.15) is 22.8 Å². The second-order valence-electron chi connectivity index (χ2n) is 5.47. The number of hydrogen-bond acceptors (Lipinski definition) is 5. The Morgan fingerprint density at radius 1 is 1.33 bits per heavy atom. The number of pyridine rings is 1. The van der Waals surface area contributed by atoms with Crippen LogP contribution in [0.15, 0.2) is 23.0 Å². The predicted molar refractivity (Wildman–Crippen MR) is 91.4 cm³/mol. The standard InChI is InChI=1S/C17H20N2O5/c1-5-10-14(18-16(21)13(15(10)20)17(22)23)11-7-6-9(19(2)3)8-12(11)24-4/h6-8H,5H2,1-4H3,(H,22,23)(H2,18,20,21). The summed E-state index contributed by atoms with van der Waals surface area (Å²) in [6.45, 7) is 1.77. The normalized spacial score (nSPS) is 10.5. The highest BCUT2D eigenvalue weighted by Crippen LogP contribution is 2.36. The summed E-state index contributed by atoms with van der Waals surface area (Å²) in [7, 11) is 5.29. The lowest BCUT2D eigenvalue weighted by atomic mass is 9.99. The number of aromatic nitrogens is 1. The summed E-state index contributed by atoms with van der Waals surface area (Å²) >= 11 is 0. The van der Waals surface area contributed by atoms with Crippen LogP contribution in [-0.2, 0) is 6.42 Å². The topological polar surface area (TPSA) is 103 Å². The van der Waals surface area contributed by atoms with Gasteiger partial charge in [-0.05, 0) is 18.6 Å². The Morgan fingerprint density at radius 3 is 2.50 bits per heavy atom. The number of aromatic hydroxyl groups is 1. The summed E-state index contributed by atoms with van der Waals surface area (Å²) in [5.74, 6) is -1.47. The van der Waals surface area contributed by atoms with E-state index in [4.69, 9.17) is 9.84 Å². The molecule has 24 heavy (non-hydrogen) atoms. The number of H-pyrrole nitrogens is 1. The second kappa shape index (κ2) is 6.66. The number of aromatic amines is 1. The molecule has 128 valence electrons. The van der Waals surface area contributed by atoms with E-state index in [1.807, 2.05) is 25.1 Å². The first kappa shape index (κ1) is 17.4. The van der Waals surface area contributed by atoms with Gasteiger partial charge in [-0.15, -0.1) is 0 Å². The number of hydrogen-bond donors (Lipinski definition) is 3. The molecular formula is C17H20N2O5. The highest BCUT2D eigenvalue weighted by molar-refractivity contribution is 5.92. The number of carboxylic acid groups (broad SMARTS) is 1. The van der Waals surface area contributed by atoms with Gasteiger partial charge in [0.15, 0.2) is 5.56 Å². The first-order valence-electron chi connectivity index (χ1n) is 7.38. The number of carbonyl (C=O) groups is 1. The van der Waals surface area contributed by atoms with Gasteiger partial charge in [-0.3, -0.25) is 4.79 Å². The lowest BCUT2D eigenvalue weighted by Gasteiger charge is -2.18. The summed E-state index contributed by atoms with van der Waals surface area (Å²) in [5, 5.41) is 19.4. The number of benzene rings is 1. The van der Waals surface area contributed by atoms with Gasteiger partial charge in [0.05, 0.1) is 12.8 Å². The molecule has 0 amide bonds. The molecule has 0 saturated heterocycles. The minimum atomic E-state index is -1.47. The van der Waals surface area contributed by atoms with Crippen molar-refractivity contribution in [3.63, 3.8) is 0 Å². The summed E-state index contributed by atoms with van der Waals surface area (Å²) in [5.41, 5.74) is 0.673. The molecule has 0 saturated carbocycles. The summed E-state index contributed by atoms with van der Waals surface area (Å²) < 4.78 is 5.40. The molecular weight excluding hydrogens is 312 g/mol. The number of methoxy groups -OCH3 is 1. The number of rotatable bonds is 5. The van der Waals surface area contributed by atoms with E-state index in [1.54, 1.807) is 19.1 Å². The number of anilines is 1. The number of nitrogens with zero attached hydrogens (tertiary/aromatic N) is 1. The maximum atomic E-state index is 12.1. The van der Waals surface area contributed by atoms with Gasteiger partial charge >= 0.3 is 5.97 Å². The van der Waals surface area contributed by atoms with Gasteiger partial charge in [0.2, 0.25) is 0 Å². The van der Waals surface area contributed by atoms with Gasteiger partial charge in [0.25, 0.3) is 5.56 Å². The number of carboxylic acids is 1. The van der Waals surface area contributed by atoms with Crippen molar-refractivity contribution in [2.75, 3.05) is 26.1 Å². The predicted octanol–water partition coefficient (Wildman–Crippen LogP) is 2.08. The fraction of sp³-hybridized carbons (Fsp3) is 0.294. The second-order valence-corrected chi connectivity index (χ2v) is 5.47. The monoisotopic (exact) mass is 332 g/mol. The Labute approximate surface area is 139 Å². The molecule has 1 aromatic carbocycles. The largest absolute Gasteiger partial charge is 0.506 e. The fourth-order valence-corrected chi connectivity index (χ4v) is 2.57. The van der Waals surface area contributed by atoms with Crippen LogP contribution in [0, 0.1) is 0 Å². The molecule has 7 nitrogen and oxygen atoms in total. The molecule has 1 aromatic heterocycles. The van der Waals surface area contributed by atoms with E-state index in [0.717, 1.165) is 5.69 Å². The third kappa shape index (κ3) is 2.92. The van der Waals surface area contributed by atoms with Gasteiger partial charge < -0.3 is 24.8 Å². The van der Waals surface area contributed by atoms with Gasteiger partial charge in [-0.2, -0.15) is 0 Å². The van der Waals surface area contributed by atoms with Crippen molar-refractivity contribution in [3.8, 4) is 22.8 Å². The molecule has 1 heterocycles. The Kier molecular flexibility index (Phi) is 4.82. The number of ether oxygens (including phenoxy) is 1. The lowest BCUT2D eigenvalue weighted by Crippen LogP contribution is -2.20. The molecule has 2 aromatic rings. The van der Waals surface area contributed by atoms with Crippen LogP contribution in [-0.4, -0.2) is 42.4 Å². The summed E-state index contributed by atoms with van der Waals surface area (Å²) in [4.78, 5) is 27.7. The van der Waals surface area contributed by atoms with E-state index in [-0.39, 0.29) is 0 Å². The highest BCUT2D eigenvalue weighted by Gasteiger charge is 2.23. The van der Waals surface area contributed by atoms with E-state index in [1.165, 1.54) is 7.11 Å². The van der Waals surface area contributed by atoms with Crippen LogP contribution < -0.4 is 15.2 Å². The third-order valence-electron chi connectivity index (χ3n) is 3.83. The van der Waals surface area contributed by atoms with E-state index in [0.29, 0.717) is 29.0 Å². The first-order chi connectivity index (χ1) is 11.3. The van der Waals surface area contributed by atoms with Crippen molar-refractivity contribution in [1.29, 1.82) is 0 Å². The van der Waals surface area contributed by atoms with Crippen molar-refractivity contribution in [3.05, 3.63) is 39.7 Å². The molecule has 0 fully saturated rings. The van der Waals surface area contributed by atoms with Crippen molar-refractivity contribution < 1.29 is 19.7 Å². The minimum absolute atomic E-state index is 0.344. The third-order valence-corrected chi connectivity index (χ3v) is 3.83. The Bertz CT molecular complexity index is 840. The zero-order valence-corrected chi connectivity index (χ0v) is 14.0. The molecule has 3 N–H and O–H groups in total.